The fraction of sp³-hybridized carbons (Fsp3) is 0.577. The van der Waals surface area contributed by atoms with Gasteiger partial charge in [-0.15, -0.1) is 0 Å². The van der Waals surface area contributed by atoms with E-state index in [0.29, 0.717) is 16.9 Å². The van der Waals surface area contributed by atoms with Gasteiger partial charge in [-0.05, 0) is 18.6 Å². The maximum atomic E-state index is 12.2. The molecule has 182 valence electrons. The van der Waals surface area contributed by atoms with Gasteiger partial charge in [0, 0.05) is 32.2 Å². The van der Waals surface area contributed by atoms with Crippen molar-refractivity contribution in [3.8, 4) is 11.3 Å². The van der Waals surface area contributed by atoms with E-state index < -0.39 is 0 Å². The standard InChI is InChI=1S/C18H21N5O2.2C4H10/c1-12-19-16-15(21-22(2)17(16)18(24)20-12)14-5-3-4-13(10-14)11-23-6-8-25-9-7-23;2*1-3-4-2/h3-5,10H,6-9,11H2,1-2H3,(H,19,20,24);2*3-4H2,1-2H3. The summed E-state index contributed by atoms with van der Waals surface area (Å²) in [7, 11) is 1.77. The van der Waals surface area contributed by atoms with E-state index in [-0.39, 0.29) is 5.56 Å². The first-order valence-electron chi connectivity index (χ1n) is 12.3. The van der Waals surface area contributed by atoms with Gasteiger partial charge in [-0.1, -0.05) is 71.6 Å². The number of morpholine rings is 1. The van der Waals surface area contributed by atoms with Crippen molar-refractivity contribution in [1.82, 2.24) is 24.6 Å². The minimum Gasteiger partial charge on any atom is -0.379 e. The summed E-state index contributed by atoms with van der Waals surface area (Å²) in [4.78, 5) is 21.9. The maximum absolute atomic E-state index is 12.2. The van der Waals surface area contributed by atoms with E-state index in [9.17, 15) is 4.79 Å². The van der Waals surface area contributed by atoms with Crippen LogP contribution in [-0.4, -0.2) is 51.0 Å². The lowest BCUT2D eigenvalue weighted by atomic mass is 10.1. The Morgan fingerprint density at radius 3 is 2.27 bits per heavy atom. The fourth-order valence-electron chi connectivity index (χ4n) is 3.32. The zero-order valence-electron chi connectivity index (χ0n) is 21.3. The van der Waals surface area contributed by atoms with Crippen LogP contribution in [0.2, 0.25) is 0 Å². The SMILES string of the molecule is CCCC.CCCC.Cc1nc2c(-c3cccc(CN4CCOCC4)c3)nn(C)c2c(=O)[nH]1. The zero-order valence-corrected chi connectivity index (χ0v) is 21.3. The minimum atomic E-state index is -0.159. The number of unbranched alkanes of at least 4 members (excludes halogenated alkanes) is 2. The van der Waals surface area contributed by atoms with Gasteiger partial charge in [0.2, 0.25) is 0 Å². The molecule has 1 aliphatic heterocycles. The molecule has 3 heterocycles. The first-order chi connectivity index (χ1) is 15.9. The van der Waals surface area contributed by atoms with Crippen molar-refractivity contribution in [2.45, 2.75) is 66.8 Å². The van der Waals surface area contributed by atoms with Crippen molar-refractivity contribution in [2.24, 2.45) is 7.05 Å². The van der Waals surface area contributed by atoms with E-state index in [4.69, 9.17) is 4.74 Å². The van der Waals surface area contributed by atoms with Gasteiger partial charge in [0.15, 0.2) is 5.52 Å². The second-order valence-corrected chi connectivity index (χ2v) is 8.41. The fourth-order valence-corrected chi connectivity index (χ4v) is 3.32. The highest BCUT2D eigenvalue weighted by molar-refractivity contribution is 5.89. The lowest BCUT2D eigenvalue weighted by molar-refractivity contribution is 0.0342. The van der Waals surface area contributed by atoms with Crippen molar-refractivity contribution in [3.63, 3.8) is 0 Å². The summed E-state index contributed by atoms with van der Waals surface area (Å²) in [6.07, 6.45) is 5.28. The molecule has 0 bridgehead atoms. The van der Waals surface area contributed by atoms with Crippen LogP contribution in [0.3, 0.4) is 0 Å². The smallest absolute Gasteiger partial charge is 0.277 e. The Morgan fingerprint density at radius 1 is 1.03 bits per heavy atom. The molecule has 0 atom stereocenters. The van der Waals surface area contributed by atoms with Gasteiger partial charge in [-0.3, -0.25) is 14.4 Å². The summed E-state index contributed by atoms with van der Waals surface area (Å²) in [6.45, 7) is 14.9. The van der Waals surface area contributed by atoms with Gasteiger partial charge in [-0.25, -0.2) is 4.98 Å². The number of hydrogen-bond donors (Lipinski definition) is 1. The van der Waals surface area contributed by atoms with Crippen LogP contribution in [0.4, 0.5) is 0 Å². The molecule has 0 radical (unpaired) electrons. The third-order valence-electron chi connectivity index (χ3n) is 5.52. The van der Waals surface area contributed by atoms with E-state index in [1.165, 1.54) is 31.2 Å². The van der Waals surface area contributed by atoms with Crippen LogP contribution < -0.4 is 5.56 Å². The van der Waals surface area contributed by atoms with Crippen molar-refractivity contribution in [1.29, 1.82) is 0 Å². The quantitative estimate of drug-likeness (QED) is 0.581. The normalized spacial score (nSPS) is 13.8. The number of nitrogens with zero attached hydrogens (tertiary/aromatic N) is 4. The Hall–Kier alpha value is -2.51. The Kier molecular flexibility index (Phi) is 11.3. The van der Waals surface area contributed by atoms with Gasteiger partial charge in [0.25, 0.3) is 5.56 Å². The summed E-state index contributed by atoms with van der Waals surface area (Å²) in [5, 5.41) is 4.55. The number of nitrogens with one attached hydrogen (secondary N) is 1. The third-order valence-corrected chi connectivity index (χ3v) is 5.52. The van der Waals surface area contributed by atoms with Crippen molar-refractivity contribution in [3.05, 3.63) is 46.0 Å². The number of hydrogen-bond acceptors (Lipinski definition) is 5. The first kappa shape index (κ1) is 26.7. The molecule has 1 N–H and O–H groups in total. The average molecular weight is 456 g/mol. The zero-order chi connectivity index (χ0) is 24.2. The van der Waals surface area contributed by atoms with Crippen LogP contribution in [0.5, 0.6) is 0 Å². The topological polar surface area (TPSA) is 76.0 Å². The molecule has 1 saturated heterocycles. The van der Waals surface area contributed by atoms with E-state index >= 15 is 0 Å². The molecule has 1 fully saturated rings. The van der Waals surface area contributed by atoms with Gasteiger partial charge < -0.3 is 9.72 Å². The lowest BCUT2D eigenvalue weighted by Gasteiger charge is -2.26. The molecule has 3 aromatic rings. The number of ether oxygens (including phenoxy) is 1. The molecule has 0 spiro atoms. The van der Waals surface area contributed by atoms with Crippen LogP contribution in [0.15, 0.2) is 29.1 Å². The van der Waals surface area contributed by atoms with Gasteiger partial charge >= 0.3 is 0 Å². The van der Waals surface area contributed by atoms with Crippen LogP contribution in [-0.2, 0) is 18.3 Å². The summed E-state index contributed by atoms with van der Waals surface area (Å²) in [5.41, 5.74) is 3.93. The molecular weight excluding hydrogens is 414 g/mol. The minimum absolute atomic E-state index is 0.159. The number of benzene rings is 1. The van der Waals surface area contributed by atoms with Crippen LogP contribution in [0, 0.1) is 6.92 Å². The lowest BCUT2D eigenvalue weighted by Crippen LogP contribution is -2.35. The molecule has 0 aliphatic carbocycles. The van der Waals surface area contributed by atoms with Crippen molar-refractivity contribution >= 4 is 11.0 Å². The van der Waals surface area contributed by atoms with Crippen molar-refractivity contribution in [2.75, 3.05) is 26.3 Å². The molecule has 0 unspecified atom stereocenters. The van der Waals surface area contributed by atoms with E-state index in [2.05, 4.69) is 59.8 Å². The number of aromatic amines is 1. The second-order valence-electron chi connectivity index (χ2n) is 8.41. The monoisotopic (exact) mass is 455 g/mol. The number of H-pyrrole nitrogens is 1. The number of aryl methyl sites for hydroxylation is 2. The van der Waals surface area contributed by atoms with Crippen LogP contribution in [0.1, 0.15) is 64.8 Å². The number of fused-ring (bicyclic) bond motifs is 1. The molecule has 0 amide bonds. The second kappa shape index (κ2) is 13.9. The molecule has 33 heavy (non-hydrogen) atoms. The van der Waals surface area contributed by atoms with Gasteiger partial charge in [0.1, 0.15) is 17.0 Å². The molecule has 1 aromatic carbocycles. The highest BCUT2D eigenvalue weighted by Crippen LogP contribution is 2.25. The summed E-state index contributed by atoms with van der Waals surface area (Å²) < 4.78 is 7.01. The largest absolute Gasteiger partial charge is 0.379 e. The average Bonchev–Trinajstić information content (AvgIpc) is 3.16. The summed E-state index contributed by atoms with van der Waals surface area (Å²) in [6, 6.07) is 8.31. The summed E-state index contributed by atoms with van der Waals surface area (Å²) >= 11 is 0. The molecule has 4 rings (SSSR count). The number of rotatable bonds is 5. The number of aromatic nitrogens is 4. The Bertz CT molecular complexity index is 1030. The molecule has 7 nitrogen and oxygen atoms in total. The van der Waals surface area contributed by atoms with Crippen LogP contribution in [0.25, 0.3) is 22.3 Å². The molecule has 2 aromatic heterocycles. The summed E-state index contributed by atoms with van der Waals surface area (Å²) in [5.74, 6) is 0.594. The van der Waals surface area contributed by atoms with E-state index in [1.54, 1.807) is 18.7 Å². The predicted molar refractivity (Wildman–Crippen MR) is 137 cm³/mol. The van der Waals surface area contributed by atoms with Gasteiger partial charge in [-0.2, -0.15) is 5.10 Å². The molecule has 1 aliphatic rings. The first-order valence-corrected chi connectivity index (χ1v) is 12.3. The van der Waals surface area contributed by atoms with E-state index in [0.717, 1.165) is 44.1 Å². The van der Waals surface area contributed by atoms with E-state index in [1.807, 2.05) is 12.1 Å². The third kappa shape index (κ3) is 7.79. The highest BCUT2D eigenvalue weighted by atomic mass is 16.5. The Labute approximate surface area is 198 Å². The van der Waals surface area contributed by atoms with Gasteiger partial charge in [0.05, 0.1) is 13.2 Å². The Balaban J connectivity index is 0.000000420. The van der Waals surface area contributed by atoms with Crippen LogP contribution >= 0.6 is 0 Å². The molecular formula is C26H41N5O2. The maximum Gasteiger partial charge on any atom is 0.277 e. The predicted octanol–water partition coefficient (Wildman–Crippen LogP) is 5.08. The molecule has 0 saturated carbocycles. The highest BCUT2D eigenvalue weighted by Gasteiger charge is 2.17. The molecule has 7 heteroatoms. The Morgan fingerprint density at radius 2 is 1.67 bits per heavy atom. The van der Waals surface area contributed by atoms with Crippen molar-refractivity contribution < 1.29 is 4.74 Å².